The van der Waals surface area contributed by atoms with Crippen molar-refractivity contribution < 1.29 is 19.4 Å². The van der Waals surface area contributed by atoms with Crippen LogP contribution in [0.15, 0.2) is 60.2 Å². The van der Waals surface area contributed by atoms with Crippen LogP contribution >= 0.6 is 0 Å². The van der Waals surface area contributed by atoms with E-state index in [1.165, 1.54) is 5.57 Å². The second-order valence-electron chi connectivity index (χ2n) is 8.19. The highest BCUT2D eigenvalue weighted by molar-refractivity contribution is 5.89. The van der Waals surface area contributed by atoms with Gasteiger partial charge in [-0.1, -0.05) is 48.0 Å². The predicted octanol–water partition coefficient (Wildman–Crippen LogP) is 5.22. The lowest BCUT2D eigenvalue weighted by atomic mass is 9.88. The Morgan fingerprint density at radius 1 is 0.966 bits per heavy atom. The summed E-state index contributed by atoms with van der Waals surface area (Å²) in [6, 6.07) is 17.1. The Balaban J connectivity index is 1.88. The molecule has 1 aliphatic heterocycles. The number of carboxylic acids is 1. The zero-order chi connectivity index (χ0) is 21.0. The zero-order valence-corrected chi connectivity index (χ0v) is 17.1. The normalized spacial score (nSPS) is 14.4. The number of likely N-dealkylation sites (tertiary alicyclic amines) is 1. The SMILES string of the molecule is CC(C)(C)OC(=O)N1CCC(=C(c2ccccc2)c2ccc([14C](=O)O)cc2)CC1. The van der Waals surface area contributed by atoms with Crippen LogP contribution in [0.4, 0.5) is 4.79 Å². The van der Waals surface area contributed by atoms with Gasteiger partial charge in [0.15, 0.2) is 0 Å². The maximum Gasteiger partial charge on any atom is 0.410 e. The van der Waals surface area contributed by atoms with Gasteiger partial charge in [0.2, 0.25) is 0 Å². The standard InChI is InChI=1S/C24H27NO4/c1-24(2,3)29-23(28)25-15-13-19(14-16-25)21(17-7-5-4-6-8-17)18-9-11-20(12-10-18)22(26)27/h4-12H,13-16H2,1-3H3,(H,26,27)/i22+2. The van der Waals surface area contributed by atoms with Crippen molar-refractivity contribution in [2.24, 2.45) is 0 Å². The molecule has 3 rings (SSSR count). The molecule has 0 radical (unpaired) electrons. The van der Waals surface area contributed by atoms with Gasteiger partial charge in [0.1, 0.15) is 5.60 Å². The van der Waals surface area contributed by atoms with Crippen molar-refractivity contribution in [1.29, 1.82) is 0 Å². The Hall–Kier alpha value is -3.08. The molecule has 5 nitrogen and oxygen atoms in total. The van der Waals surface area contributed by atoms with Crippen LogP contribution in [0, 0.1) is 0 Å². The molecule has 1 amide bonds. The topological polar surface area (TPSA) is 66.8 Å². The highest BCUT2D eigenvalue weighted by atomic mass is 16.6. The molecule has 0 unspecified atom stereocenters. The number of nitrogens with zero attached hydrogens (tertiary/aromatic N) is 1. The molecule has 2 aromatic carbocycles. The molecule has 1 fully saturated rings. The summed E-state index contributed by atoms with van der Waals surface area (Å²) in [5.41, 5.74) is 4.23. The quantitative estimate of drug-likeness (QED) is 0.774. The first-order valence-electron chi connectivity index (χ1n) is 9.84. The molecule has 0 aromatic heterocycles. The maximum atomic E-state index is 12.4. The molecule has 0 aliphatic carbocycles. The average molecular weight is 395 g/mol. The van der Waals surface area contributed by atoms with Crippen LogP contribution in [0.5, 0.6) is 0 Å². The van der Waals surface area contributed by atoms with E-state index in [-0.39, 0.29) is 11.7 Å². The summed E-state index contributed by atoms with van der Waals surface area (Å²) in [5.74, 6) is -0.934. The third kappa shape index (κ3) is 5.25. The van der Waals surface area contributed by atoms with E-state index in [0.717, 1.165) is 29.5 Å². The van der Waals surface area contributed by atoms with Crippen molar-refractivity contribution in [3.05, 3.63) is 76.9 Å². The average Bonchev–Trinajstić information content (AvgIpc) is 2.69. The van der Waals surface area contributed by atoms with Crippen LogP contribution in [0.1, 0.15) is 55.1 Å². The smallest absolute Gasteiger partial charge is 0.410 e. The molecular formula is C24H27NO4. The molecule has 1 saturated heterocycles. The summed E-state index contributed by atoms with van der Waals surface area (Å²) in [5, 5.41) is 9.18. The first-order chi connectivity index (χ1) is 13.7. The number of rotatable bonds is 3. The Kier molecular flexibility index (Phi) is 6.06. The van der Waals surface area contributed by atoms with Crippen molar-refractivity contribution in [3.8, 4) is 0 Å². The van der Waals surface area contributed by atoms with Gasteiger partial charge in [-0.3, -0.25) is 0 Å². The summed E-state index contributed by atoms with van der Waals surface area (Å²) in [6.45, 7) is 6.82. The van der Waals surface area contributed by atoms with Crippen molar-refractivity contribution in [3.63, 3.8) is 0 Å². The second-order valence-corrected chi connectivity index (χ2v) is 8.19. The number of carbonyl (C=O) groups is 2. The fourth-order valence-corrected chi connectivity index (χ4v) is 3.49. The van der Waals surface area contributed by atoms with E-state index >= 15 is 0 Å². The molecular weight excluding hydrogens is 368 g/mol. The minimum absolute atomic E-state index is 0.269. The van der Waals surface area contributed by atoms with Crippen LogP contribution in [0.25, 0.3) is 5.57 Å². The maximum absolute atomic E-state index is 12.4. The Morgan fingerprint density at radius 3 is 2.03 bits per heavy atom. The van der Waals surface area contributed by atoms with Gasteiger partial charge in [-0.15, -0.1) is 0 Å². The number of hydrogen-bond donors (Lipinski definition) is 1. The van der Waals surface area contributed by atoms with Gasteiger partial charge in [0.05, 0.1) is 5.56 Å². The van der Waals surface area contributed by atoms with Gasteiger partial charge >= 0.3 is 12.1 Å². The van der Waals surface area contributed by atoms with Crippen molar-refractivity contribution in [2.75, 3.05) is 13.1 Å². The first-order valence-corrected chi connectivity index (χ1v) is 9.84. The van der Waals surface area contributed by atoms with Gasteiger partial charge in [-0.25, -0.2) is 9.59 Å². The summed E-state index contributed by atoms with van der Waals surface area (Å²) in [7, 11) is 0. The summed E-state index contributed by atoms with van der Waals surface area (Å²) in [4.78, 5) is 25.3. The summed E-state index contributed by atoms with van der Waals surface area (Å²) in [6.07, 6.45) is 1.23. The molecule has 1 heterocycles. The Labute approximate surface area is 171 Å². The van der Waals surface area contributed by atoms with E-state index in [1.807, 2.05) is 51.1 Å². The lowest BCUT2D eigenvalue weighted by Gasteiger charge is -2.32. The monoisotopic (exact) mass is 395 g/mol. The third-order valence-corrected chi connectivity index (χ3v) is 4.86. The van der Waals surface area contributed by atoms with Crippen LogP contribution in [-0.2, 0) is 4.74 Å². The minimum atomic E-state index is -0.934. The number of amides is 1. The van der Waals surface area contributed by atoms with Crippen LogP contribution < -0.4 is 0 Å². The van der Waals surface area contributed by atoms with E-state index in [1.54, 1.807) is 17.0 Å². The predicted molar refractivity (Wildman–Crippen MR) is 113 cm³/mol. The van der Waals surface area contributed by atoms with Gasteiger partial charge in [0.25, 0.3) is 0 Å². The van der Waals surface area contributed by atoms with Crippen molar-refractivity contribution in [2.45, 2.75) is 39.2 Å². The molecule has 0 bridgehead atoms. The molecule has 0 atom stereocenters. The lowest BCUT2D eigenvalue weighted by molar-refractivity contribution is 0.0236. The molecule has 0 spiro atoms. The van der Waals surface area contributed by atoms with E-state index < -0.39 is 11.6 Å². The second kappa shape index (κ2) is 8.52. The minimum Gasteiger partial charge on any atom is -0.478 e. The van der Waals surface area contributed by atoms with E-state index in [4.69, 9.17) is 4.74 Å². The fraction of sp³-hybridized carbons (Fsp3) is 0.333. The van der Waals surface area contributed by atoms with Gasteiger partial charge < -0.3 is 14.7 Å². The summed E-state index contributed by atoms with van der Waals surface area (Å²) < 4.78 is 5.49. The molecule has 29 heavy (non-hydrogen) atoms. The molecule has 0 saturated carbocycles. The van der Waals surface area contributed by atoms with Crippen LogP contribution in [0.3, 0.4) is 0 Å². The number of ether oxygens (including phenoxy) is 1. The van der Waals surface area contributed by atoms with Crippen LogP contribution in [0.2, 0.25) is 0 Å². The van der Waals surface area contributed by atoms with Gasteiger partial charge in [0, 0.05) is 13.1 Å². The highest BCUT2D eigenvalue weighted by Gasteiger charge is 2.26. The Bertz CT molecular complexity index is 898. The van der Waals surface area contributed by atoms with Crippen molar-refractivity contribution in [1.82, 2.24) is 4.90 Å². The Morgan fingerprint density at radius 2 is 1.52 bits per heavy atom. The number of hydrogen-bond acceptors (Lipinski definition) is 3. The summed E-state index contributed by atoms with van der Waals surface area (Å²) >= 11 is 0. The van der Waals surface area contributed by atoms with Gasteiger partial charge in [-0.2, -0.15) is 0 Å². The molecule has 1 aliphatic rings. The molecule has 2 aromatic rings. The molecule has 5 heteroatoms. The zero-order valence-electron chi connectivity index (χ0n) is 17.1. The molecule has 1 N–H and O–H groups in total. The number of carboxylic acid groups (broad SMARTS) is 1. The van der Waals surface area contributed by atoms with E-state index in [2.05, 4.69) is 12.1 Å². The third-order valence-electron chi connectivity index (χ3n) is 4.86. The largest absolute Gasteiger partial charge is 0.478 e. The lowest BCUT2D eigenvalue weighted by Crippen LogP contribution is -2.40. The fourth-order valence-electron chi connectivity index (χ4n) is 3.49. The van der Waals surface area contributed by atoms with Gasteiger partial charge in [-0.05, 0) is 62.4 Å². The van der Waals surface area contributed by atoms with Crippen LogP contribution in [-0.4, -0.2) is 40.8 Å². The van der Waals surface area contributed by atoms with E-state index in [9.17, 15) is 14.7 Å². The number of benzene rings is 2. The highest BCUT2D eigenvalue weighted by Crippen LogP contribution is 2.32. The molecule has 152 valence electrons. The number of aromatic carboxylic acids is 1. The first kappa shape index (κ1) is 20.6. The van der Waals surface area contributed by atoms with E-state index in [0.29, 0.717) is 13.1 Å². The number of carbonyl (C=O) groups excluding carboxylic acids is 1. The van der Waals surface area contributed by atoms with Crippen molar-refractivity contribution >= 4 is 17.6 Å². The number of piperidine rings is 1.